The fraction of sp³-hybridized carbons (Fsp3) is 0.278. The van der Waals surface area contributed by atoms with Crippen molar-refractivity contribution in [1.29, 1.82) is 0 Å². The van der Waals surface area contributed by atoms with Gasteiger partial charge < -0.3 is 10.1 Å². The third-order valence-electron chi connectivity index (χ3n) is 3.71. The van der Waals surface area contributed by atoms with E-state index in [1.165, 1.54) is 13.2 Å². The van der Waals surface area contributed by atoms with Crippen LogP contribution >= 0.6 is 0 Å². The normalized spacial score (nSPS) is 11.1. The van der Waals surface area contributed by atoms with Crippen LogP contribution < -0.4 is 14.4 Å². The van der Waals surface area contributed by atoms with Crippen LogP contribution in [0.3, 0.4) is 0 Å². The van der Waals surface area contributed by atoms with Gasteiger partial charge in [0, 0.05) is 30.8 Å². The standard InChI is InChI=1S/C18H20F2N2O4S/c1-26-15-6-3-5-13(11-15)21-18(23)7-4-10-22(27(2,24)25)14-8-9-16(19)17(20)12-14/h3,5-6,8-9,11-12H,4,7,10H2,1-2H3,(H,21,23). The second-order valence-corrected chi connectivity index (χ2v) is 7.72. The first-order chi connectivity index (χ1) is 12.7. The summed E-state index contributed by atoms with van der Waals surface area (Å²) < 4.78 is 56.4. The van der Waals surface area contributed by atoms with Gasteiger partial charge in [0.1, 0.15) is 5.75 Å². The van der Waals surface area contributed by atoms with E-state index < -0.39 is 21.7 Å². The topological polar surface area (TPSA) is 75.7 Å². The molecule has 0 aliphatic rings. The summed E-state index contributed by atoms with van der Waals surface area (Å²) in [7, 11) is -2.20. The number of rotatable bonds is 8. The highest BCUT2D eigenvalue weighted by molar-refractivity contribution is 7.92. The van der Waals surface area contributed by atoms with E-state index in [9.17, 15) is 22.0 Å². The number of nitrogens with one attached hydrogen (secondary N) is 1. The summed E-state index contributed by atoms with van der Waals surface area (Å²) in [5.74, 6) is -1.92. The molecule has 27 heavy (non-hydrogen) atoms. The predicted octanol–water partition coefficient (Wildman–Crippen LogP) is 3.16. The number of ether oxygens (including phenoxy) is 1. The number of hydrogen-bond acceptors (Lipinski definition) is 4. The summed E-state index contributed by atoms with van der Waals surface area (Å²) in [6.45, 7) is -0.0462. The molecule has 0 aliphatic heterocycles. The van der Waals surface area contributed by atoms with Crippen molar-refractivity contribution in [2.24, 2.45) is 0 Å². The first-order valence-corrected chi connectivity index (χ1v) is 9.92. The van der Waals surface area contributed by atoms with Crippen LogP contribution in [0.25, 0.3) is 0 Å². The highest BCUT2D eigenvalue weighted by Gasteiger charge is 2.19. The number of carbonyl (C=O) groups excluding carboxylic acids is 1. The molecule has 0 bridgehead atoms. The lowest BCUT2D eigenvalue weighted by Gasteiger charge is -2.22. The number of halogens is 2. The Bertz CT molecular complexity index is 919. The van der Waals surface area contributed by atoms with Gasteiger partial charge in [-0.2, -0.15) is 0 Å². The summed E-state index contributed by atoms with van der Waals surface area (Å²) in [4.78, 5) is 12.0. The summed E-state index contributed by atoms with van der Waals surface area (Å²) >= 11 is 0. The van der Waals surface area contributed by atoms with E-state index in [-0.39, 0.29) is 31.0 Å². The molecule has 146 valence electrons. The average molecular weight is 398 g/mol. The van der Waals surface area contributed by atoms with Crippen molar-refractivity contribution in [3.63, 3.8) is 0 Å². The minimum absolute atomic E-state index is 0.00426. The third-order valence-corrected chi connectivity index (χ3v) is 4.90. The maximum absolute atomic E-state index is 13.4. The fourth-order valence-electron chi connectivity index (χ4n) is 2.43. The van der Waals surface area contributed by atoms with E-state index >= 15 is 0 Å². The summed E-state index contributed by atoms with van der Waals surface area (Å²) in [5, 5.41) is 2.69. The van der Waals surface area contributed by atoms with Gasteiger partial charge in [-0.1, -0.05) is 6.07 Å². The molecule has 0 heterocycles. The minimum Gasteiger partial charge on any atom is -0.497 e. The van der Waals surface area contributed by atoms with Crippen LogP contribution in [0, 0.1) is 11.6 Å². The molecule has 0 atom stereocenters. The van der Waals surface area contributed by atoms with Gasteiger partial charge in [-0.15, -0.1) is 0 Å². The van der Waals surface area contributed by atoms with Crippen LogP contribution in [0.5, 0.6) is 5.75 Å². The van der Waals surface area contributed by atoms with Gasteiger partial charge in [-0.25, -0.2) is 17.2 Å². The van der Waals surface area contributed by atoms with E-state index in [4.69, 9.17) is 4.74 Å². The lowest BCUT2D eigenvalue weighted by atomic mass is 10.2. The number of methoxy groups -OCH3 is 1. The Morgan fingerprint density at radius 3 is 2.52 bits per heavy atom. The zero-order chi connectivity index (χ0) is 20.0. The number of carbonyl (C=O) groups is 1. The number of amides is 1. The third kappa shape index (κ3) is 5.92. The van der Waals surface area contributed by atoms with Gasteiger partial charge in [-0.3, -0.25) is 9.10 Å². The Morgan fingerprint density at radius 1 is 1.15 bits per heavy atom. The van der Waals surface area contributed by atoms with Crippen molar-refractivity contribution in [3.05, 3.63) is 54.1 Å². The van der Waals surface area contributed by atoms with E-state index in [1.807, 2.05) is 0 Å². The number of sulfonamides is 1. The van der Waals surface area contributed by atoms with Gasteiger partial charge in [-0.05, 0) is 30.7 Å². The Labute approximate surface area is 156 Å². The molecule has 1 amide bonds. The van der Waals surface area contributed by atoms with Crippen LogP contribution in [0.2, 0.25) is 0 Å². The monoisotopic (exact) mass is 398 g/mol. The summed E-state index contributed by atoms with van der Waals surface area (Å²) in [6, 6.07) is 9.66. The Kier molecular flexibility index (Phi) is 6.73. The van der Waals surface area contributed by atoms with E-state index in [0.717, 1.165) is 22.7 Å². The van der Waals surface area contributed by atoms with Crippen molar-refractivity contribution < 1.29 is 26.7 Å². The molecule has 0 aliphatic carbocycles. The SMILES string of the molecule is COc1cccc(NC(=O)CCCN(c2ccc(F)c(F)c2)S(C)(=O)=O)c1. The van der Waals surface area contributed by atoms with E-state index in [1.54, 1.807) is 24.3 Å². The molecule has 0 aromatic heterocycles. The summed E-state index contributed by atoms with van der Waals surface area (Å²) in [5.41, 5.74) is 0.560. The second kappa shape index (κ2) is 8.81. The summed E-state index contributed by atoms with van der Waals surface area (Å²) in [6.07, 6.45) is 1.21. The highest BCUT2D eigenvalue weighted by Crippen LogP contribution is 2.21. The first kappa shape index (κ1) is 20.6. The van der Waals surface area contributed by atoms with Crippen molar-refractivity contribution in [1.82, 2.24) is 0 Å². The molecule has 0 unspecified atom stereocenters. The Balaban J connectivity index is 1.99. The van der Waals surface area contributed by atoms with Gasteiger partial charge in [0.25, 0.3) is 0 Å². The van der Waals surface area contributed by atoms with Crippen LogP contribution in [0.4, 0.5) is 20.2 Å². The maximum Gasteiger partial charge on any atom is 0.232 e. The number of anilines is 2. The Morgan fingerprint density at radius 2 is 1.89 bits per heavy atom. The Hall–Kier alpha value is -2.68. The smallest absolute Gasteiger partial charge is 0.232 e. The molecule has 2 aromatic rings. The van der Waals surface area contributed by atoms with E-state index in [0.29, 0.717) is 11.4 Å². The van der Waals surface area contributed by atoms with Crippen molar-refractivity contribution in [2.45, 2.75) is 12.8 Å². The molecule has 2 rings (SSSR count). The van der Waals surface area contributed by atoms with Crippen LogP contribution in [0.1, 0.15) is 12.8 Å². The molecule has 1 N–H and O–H groups in total. The number of hydrogen-bond donors (Lipinski definition) is 1. The molecular weight excluding hydrogens is 378 g/mol. The average Bonchev–Trinajstić information content (AvgIpc) is 2.60. The molecule has 0 radical (unpaired) electrons. The molecule has 0 fully saturated rings. The molecule has 0 spiro atoms. The maximum atomic E-state index is 13.4. The lowest BCUT2D eigenvalue weighted by molar-refractivity contribution is -0.116. The van der Waals surface area contributed by atoms with Crippen LogP contribution in [-0.4, -0.2) is 34.2 Å². The molecule has 6 nitrogen and oxygen atoms in total. The number of benzene rings is 2. The molecule has 0 saturated carbocycles. The van der Waals surface area contributed by atoms with Crippen molar-refractivity contribution in [2.75, 3.05) is 29.5 Å². The van der Waals surface area contributed by atoms with Gasteiger partial charge in [0.15, 0.2) is 11.6 Å². The zero-order valence-corrected chi connectivity index (χ0v) is 15.7. The van der Waals surface area contributed by atoms with E-state index in [2.05, 4.69) is 5.32 Å². The first-order valence-electron chi connectivity index (χ1n) is 8.07. The minimum atomic E-state index is -3.72. The van der Waals surface area contributed by atoms with Crippen LogP contribution in [-0.2, 0) is 14.8 Å². The zero-order valence-electron chi connectivity index (χ0n) is 14.9. The van der Waals surface area contributed by atoms with Crippen molar-refractivity contribution in [3.8, 4) is 5.75 Å². The van der Waals surface area contributed by atoms with Crippen molar-refractivity contribution >= 4 is 27.3 Å². The fourth-order valence-corrected chi connectivity index (χ4v) is 3.39. The molecular formula is C18H20F2N2O4S. The largest absolute Gasteiger partial charge is 0.497 e. The lowest BCUT2D eigenvalue weighted by Crippen LogP contribution is -2.31. The number of nitrogens with zero attached hydrogens (tertiary/aromatic N) is 1. The second-order valence-electron chi connectivity index (χ2n) is 5.82. The van der Waals surface area contributed by atoms with Gasteiger partial charge in [0.2, 0.25) is 15.9 Å². The van der Waals surface area contributed by atoms with Gasteiger partial charge in [0.05, 0.1) is 19.1 Å². The molecule has 9 heteroatoms. The molecule has 0 saturated heterocycles. The van der Waals surface area contributed by atoms with Crippen LogP contribution in [0.15, 0.2) is 42.5 Å². The highest BCUT2D eigenvalue weighted by atomic mass is 32.2. The molecule has 2 aromatic carbocycles. The predicted molar refractivity (Wildman–Crippen MR) is 99.4 cm³/mol. The quantitative estimate of drug-likeness (QED) is 0.741. The van der Waals surface area contributed by atoms with Gasteiger partial charge >= 0.3 is 0 Å².